The van der Waals surface area contributed by atoms with E-state index in [9.17, 15) is 0 Å². The SMILES string of the molecule is CCN1Cc2cc[nH]c2C[C@@H]1C. The van der Waals surface area contributed by atoms with Gasteiger partial charge < -0.3 is 4.98 Å². The lowest BCUT2D eigenvalue weighted by atomic mass is 10.0. The maximum Gasteiger partial charge on any atom is 0.0254 e. The number of nitrogens with one attached hydrogen (secondary N) is 1. The molecule has 12 heavy (non-hydrogen) atoms. The van der Waals surface area contributed by atoms with Crippen LogP contribution in [0.1, 0.15) is 25.1 Å². The number of likely N-dealkylation sites (N-methyl/N-ethyl adjacent to an activating group) is 1. The Labute approximate surface area is 73.6 Å². The van der Waals surface area contributed by atoms with Crippen molar-refractivity contribution < 1.29 is 0 Å². The third-order valence-corrected chi connectivity index (χ3v) is 2.83. The van der Waals surface area contributed by atoms with E-state index in [4.69, 9.17) is 0 Å². The summed E-state index contributed by atoms with van der Waals surface area (Å²) in [4.78, 5) is 5.82. The zero-order valence-corrected chi connectivity index (χ0v) is 7.80. The highest BCUT2D eigenvalue weighted by molar-refractivity contribution is 5.23. The maximum atomic E-state index is 3.31. The Hall–Kier alpha value is -0.760. The summed E-state index contributed by atoms with van der Waals surface area (Å²) in [5, 5.41) is 0. The van der Waals surface area contributed by atoms with Crippen LogP contribution in [0.15, 0.2) is 12.3 Å². The summed E-state index contributed by atoms with van der Waals surface area (Å²) in [6.45, 7) is 6.81. The average molecular weight is 164 g/mol. The fourth-order valence-corrected chi connectivity index (χ4v) is 2.00. The minimum Gasteiger partial charge on any atom is -0.365 e. The molecule has 0 bridgehead atoms. The van der Waals surface area contributed by atoms with Gasteiger partial charge in [-0.1, -0.05) is 6.92 Å². The smallest absolute Gasteiger partial charge is 0.0254 e. The summed E-state index contributed by atoms with van der Waals surface area (Å²) in [5.74, 6) is 0. The van der Waals surface area contributed by atoms with E-state index < -0.39 is 0 Å². The lowest BCUT2D eigenvalue weighted by molar-refractivity contribution is 0.194. The van der Waals surface area contributed by atoms with Crippen molar-refractivity contribution in [3.63, 3.8) is 0 Å². The standard InChI is InChI=1S/C10H16N2/c1-3-12-7-9-4-5-11-10(9)6-8(12)2/h4-5,8,11H,3,6-7H2,1-2H3/t8-/m0/s1. The summed E-state index contributed by atoms with van der Waals surface area (Å²) in [6, 6.07) is 2.89. The van der Waals surface area contributed by atoms with Gasteiger partial charge in [-0.25, -0.2) is 0 Å². The quantitative estimate of drug-likeness (QED) is 0.670. The van der Waals surface area contributed by atoms with E-state index in [-0.39, 0.29) is 0 Å². The van der Waals surface area contributed by atoms with Crippen LogP contribution in [-0.2, 0) is 13.0 Å². The molecular formula is C10H16N2. The van der Waals surface area contributed by atoms with Crippen molar-refractivity contribution in [2.75, 3.05) is 6.54 Å². The van der Waals surface area contributed by atoms with Gasteiger partial charge in [0, 0.05) is 30.9 Å². The molecule has 66 valence electrons. The molecule has 0 saturated heterocycles. The monoisotopic (exact) mass is 164 g/mol. The summed E-state index contributed by atoms with van der Waals surface area (Å²) >= 11 is 0. The summed E-state index contributed by atoms with van der Waals surface area (Å²) in [7, 11) is 0. The van der Waals surface area contributed by atoms with Crippen LogP contribution >= 0.6 is 0 Å². The molecule has 2 nitrogen and oxygen atoms in total. The number of aromatic nitrogens is 1. The summed E-state index contributed by atoms with van der Waals surface area (Å²) in [5.41, 5.74) is 2.92. The molecule has 0 spiro atoms. The number of rotatable bonds is 1. The molecule has 0 unspecified atom stereocenters. The second kappa shape index (κ2) is 2.94. The van der Waals surface area contributed by atoms with Crippen LogP contribution in [0.2, 0.25) is 0 Å². The van der Waals surface area contributed by atoms with E-state index in [2.05, 4.69) is 36.0 Å². The number of nitrogens with zero attached hydrogens (tertiary/aromatic N) is 1. The molecule has 2 heteroatoms. The fraction of sp³-hybridized carbons (Fsp3) is 0.600. The Morgan fingerprint density at radius 2 is 2.50 bits per heavy atom. The Bertz CT molecular complexity index is 265. The first kappa shape index (κ1) is 7.87. The fourth-order valence-electron chi connectivity index (χ4n) is 2.00. The van der Waals surface area contributed by atoms with E-state index in [0.717, 1.165) is 13.1 Å². The Morgan fingerprint density at radius 1 is 1.67 bits per heavy atom. The number of fused-ring (bicyclic) bond motifs is 1. The van der Waals surface area contributed by atoms with E-state index in [1.54, 1.807) is 0 Å². The first-order valence-electron chi connectivity index (χ1n) is 4.70. The Morgan fingerprint density at radius 3 is 3.25 bits per heavy atom. The second-order valence-electron chi connectivity index (χ2n) is 3.60. The minimum absolute atomic E-state index is 0.696. The molecule has 2 rings (SSSR count). The maximum absolute atomic E-state index is 3.31. The second-order valence-corrected chi connectivity index (χ2v) is 3.60. The summed E-state index contributed by atoms with van der Waals surface area (Å²) < 4.78 is 0. The van der Waals surface area contributed by atoms with E-state index >= 15 is 0 Å². The predicted molar refractivity (Wildman–Crippen MR) is 50.0 cm³/mol. The molecule has 0 radical (unpaired) electrons. The molecule has 0 fully saturated rings. The van der Waals surface area contributed by atoms with Crippen LogP contribution in [-0.4, -0.2) is 22.5 Å². The Kier molecular flexibility index (Phi) is 1.93. The lowest BCUT2D eigenvalue weighted by Crippen LogP contribution is -2.37. The zero-order valence-electron chi connectivity index (χ0n) is 7.80. The topological polar surface area (TPSA) is 19.0 Å². The number of aromatic amines is 1. The van der Waals surface area contributed by atoms with Gasteiger partial charge in [0.25, 0.3) is 0 Å². The molecule has 1 aromatic heterocycles. The van der Waals surface area contributed by atoms with Gasteiger partial charge in [-0.15, -0.1) is 0 Å². The normalized spacial score (nSPS) is 24.0. The van der Waals surface area contributed by atoms with Crippen molar-refractivity contribution in [2.24, 2.45) is 0 Å². The molecule has 1 aliphatic heterocycles. The van der Waals surface area contributed by atoms with Crippen molar-refractivity contribution in [3.8, 4) is 0 Å². The van der Waals surface area contributed by atoms with Gasteiger partial charge in [0.2, 0.25) is 0 Å². The largest absolute Gasteiger partial charge is 0.365 e. The minimum atomic E-state index is 0.696. The molecule has 2 heterocycles. The van der Waals surface area contributed by atoms with Crippen LogP contribution < -0.4 is 0 Å². The third kappa shape index (κ3) is 1.16. The summed E-state index contributed by atoms with van der Waals surface area (Å²) in [6.07, 6.45) is 3.23. The molecule has 1 aromatic rings. The van der Waals surface area contributed by atoms with Crippen LogP contribution in [0.25, 0.3) is 0 Å². The van der Waals surface area contributed by atoms with E-state index in [1.807, 2.05) is 0 Å². The van der Waals surface area contributed by atoms with Crippen molar-refractivity contribution in [1.82, 2.24) is 9.88 Å². The van der Waals surface area contributed by atoms with Gasteiger partial charge in [-0.2, -0.15) is 0 Å². The molecule has 0 aromatic carbocycles. The van der Waals surface area contributed by atoms with E-state index in [1.165, 1.54) is 17.7 Å². The highest BCUT2D eigenvalue weighted by atomic mass is 15.2. The molecule has 0 aliphatic carbocycles. The van der Waals surface area contributed by atoms with Gasteiger partial charge in [0.05, 0.1) is 0 Å². The zero-order chi connectivity index (χ0) is 8.55. The third-order valence-electron chi connectivity index (χ3n) is 2.83. The van der Waals surface area contributed by atoms with Gasteiger partial charge >= 0.3 is 0 Å². The lowest BCUT2D eigenvalue weighted by Gasteiger charge is -2.32. The van der Waals surface area contributed by atoms with Crippen LogP contribution in [0.4, 0.5) is 0 Å². The highest BCUT2D eigenvalue weighted by Gasteiger charge is 2.21. The van der Waals surface area contributed by atoms with Crippen molar-refractivity contribution in [3.05, 3.63) is 23.5 Å². The molecule has 1 aliphatic rings. The number of hydrogen-bond acceptors (Lipinski definition) is 1. The molecule has 1 atom stereocenters. The molecule has 0 amide bonds. The van der Waals surface area contributed by atoms with Gasteiger partial charge in [0.1, 0.15) is 0 Å². The van der Waals surface area contributed by atoms with Crippen molar-refractivity contribution in [1.29, 1.82) is 0 Å². The first-order chi connectivity index (χ1) is 5.81. The van der Waals surface area contributed by atoms with Crippen molar-refractivity contribution >= 4 is 0 Å². The van der Waals surface area contributed by atoms with Gasteiger partial charge in [-0.3, -0.25) is 4.90 Å². The molecular weight excluding hydrogens is 148 g/mol. The van der Waals surface area contributed by atoms with E-state index in [0.29, 0.717) is 6.04 Å². The number of hydrogen-bond donors (Lipinski definition) is 1. The first-order valence-corrected chi connectivity index (χ1v) is 4.70. The van der Waals surface area contributed by atoms with Crippen LogP contribution in [0.3, 0.4) is 0 Å². The van der Waals surface area contributed by atoms with Gasteiger partial charge in [-0.05, 0) is 25.1 Å². The number of H-pyrrole nitrogens is 1. The highest BCUT2D eigenvalue weighted by Crippen LogP contribution is 2.21. The molecule has 1 N–H and O–H groups in total. The molecule has 0 saturated carbocycles. The van der Waals surface area contributed by atoms with Crippen LogP contribution in [0, 0.1) is 0 Å². The average Bonchev–Trinajstić information content (AvgIpc) is 2.49. The van der Waals surface area contributed by atoms with Gasteiger partial charge in [0.15, 0.2) is 0 Å². The Balaban J connectivity index is 2.23. The van der Waals surface area contributed by atoms with Crippen LogP contribution in [0.5, 0.6) is 0 Å². The predicted octanol–water partition coefficient (Wildman–Crippen LogP) is 1.78. The van der Waals surface area contributed by atoms with Crippen molar-refractivity contribution in [2.45, 2.75) is 32.9 Å².